The Bertz CT molecular complexity index is 364. The van der Waals surface area contributed by atoms with Crippen LogP contribution < -0.4 is 5.32 Å². The lowest BCUT2D eigenvalue weighted by Crippen LogP contribution is -2.30. The third-order valence-electron chi connectivity index (χ3n) is 2.20. The third kappa shape index (κ3) is 3.55. The van der Waals surface area contributed by atoms with E-state index in [2.05, 4.69) is 10.2 Å². The maximum absolute atomic E-state index is 11.0. The first-order chi connectivity index (χ1) is 7.50. The molecule has 0 saturated heterocycles. The summed E-state index contributed by atoms with van der Waals surface area (Å²) < 4.78 is 0. The SMILES string of the molecule is CC(CN(C)C)Nc1ccccc1C(=O)O. The maximum Gasteiger partial charge on any atom is 0.337 e. The second-order valence-electron chi connectivity index (χ2n) is 4.16. The molecule has 0 amide bonds. The van der Waals surface area contributed by atoms with E-state index in [0.29, 0.717) is 11.3 Å². The summed E-state index contributed by atoms with van der Waals surface area (Å²) in [6.45, 7) is 2.88. The molecular formula is C12H18N2O2. The first-order valence-electron chi connectivity index (χ1n) is 5.24. The predicted molar refractivity (Wildman–Crippen MR) is 65.0 cm³/mol. The highest BCUT2D eigenvalue weighted by molar-refractivity contribution is 5.94. The summed E-state index contributed by atoms with van der Waals surface area (Å²) in [4.78, 5) is 13.0. The van der Waals surface area contributed by atoms with Crippen molar-refractivity contribution in [1.82, 2.24) is 4.90 Å². The van der Waals surface area contributed by atoms with Crippen LogP contribution in [0.25, 0.3) is 0 Å². The monoisotopic (exact) mass is 222 g/mol. The van der Waals surface area contributed by atoms with E-state index in [9.17, 15) is 4.79 Å². The van der Waals surface area contributed by atoms with Crippen LogP contribution in [0.15, 0.2) is 24.3 Å². The van der Waals surface area contributed by atoms with E-state index in [1.54, 1.807) is 18.2 Å². The summed E-state index contributed by atoms with van der Waals surface area (Å²) in [5.74, 6) is -0.903. The highest BCUT2D eigenvalue weighted by Crippen LogP contribution is 2.15. The van der Waals surface area contributed by atoms with Gasteiger partial charge >= 0.3 is 5.97 Å². The molecule has 88 valence electrons. The van der Waals surface area contributed by atoms with Crippen LogP contribution >= 0.6 is 0 Å². The van der Waals surface area contributed by atoms with Gasteiger partial charge in [-0.1, -0.05) is 12.1 Å². The fourth-order valence-electron chi connectivity index (χ4n) is 1.65. The van der Waals surface area contributed by atoms with Gasteiger partial charge in [0.2, 0.25) is 0 Å². The molecule has 4 nitrogen and oxygen atoms in total. The van der Waals surface area contributed by atoms with Crippen molar-refractivity contribution in [3.63, 3.8) is 0 Å². The number of carbonyl (C=O) groups is 1. The second kappa shape index (κ2) is 5.51. The molecule has 0 bridgehead atoms. The van der Waals surface area contributed by atoms with Crippen molar-refractivity contribution in [2.24, 2.45) is 0 Å². The van der Waals surface area contributed by atoms with Crippen LogP contribution in [0.4, 0.5) is 5.69 Å². The Morgan fingerprint density at radius 2 is 2.06 bits per heavy atom. The first kappa shape index (κ1) is 12.5. The summed E-state index contributed by atoms with van der Waals surface area (Å²) in [6, 6.07) is 7.15. The molecule has 16 heavy (non-hydrogen) atoms. The molecule has 0 saturated carbocycles. The molecule has 0 fully saturated rings. The van der Waals surface area contributed by atoms with Gasteiger partial charge in [-0.15, -0.1) is 0 Å². The average molecular weight is 222 g/mol. The summed E-state index contributed by atoms with van der Waals surface area (Å²) in [5, 5.41) is 12.2. The van der Waals surface area contributed by atoms with Crippen molar-refractivity contribution in [2.45, 2.75) is 13.0 Å². The first-order valence-corrected chi connectivity index (χ1v) is 5.24. The maximum atomic E-state index is 11.0. The molecule has 1 aromatic carbocycles. The topological polar surface area (TPSA) is 52.6 Å². The lowest BCUT2D eigenvalue weighted by molar-refractivity contribution is 0.0698. The molecule has 0 aliphatic heterocycles. The molecule has 4 heteroatoms. The summed E-state index contributed by atoms with van der Waals surface area (Å²) in [6.07, 6.45) is 0. The van der Waals surface area contributed by atoms with Gasteiger partial charge in [0, 0.05) is 18.3 Å². The zero-order chi connectivity index (χ0) is 12.1. The van der Waals surface area contributed by atoms with Crippen LogP contribution in [0.3, 0.4) is 0 Å². The zero-order valence-corrected chi connectivity index (χ0v) is 9.90. The van der Waals surface area contributed by atoms with Crippen molar-refractivity contribution in [2.75, 3.05) is 26.0 Å². The molecule has 1 rings (SSSR count). The van der Waals surface area contributed by atoms with E-state index in [1.807, 2.05) is 27.1 Å². The number of aromatic carboxylic acids is 1. The molecule has 0 radical (unpaired) electrons. The van der Waals surface area contributed by atoms with Gasteiger partial charge in [-0.25, -0.2) is 4.79 Å². The molecule has 0 aliphatic rings. The number of rotatable bonds is 5. The number of anilines is 1. The number of carboxylic acids is 1. The third-order valence-corrected chi connectivity index (χ3v) is 2.20. The Hall–Kier alpha value is -1.55. The van der Waals surface area contributed by atoms with Gasteiger partial charge in [-0.2, -0.15) is 0 Å². The van der Waals surface area contributed by atoms with Crippen molar-refractivity contribution in [3.05, 3.63) is 29.8 Å². The highest BCUT2D eigenvalue weighted by Gasteiger charge is 2.11. The number of para-hydroxylation sites is 1. The van der Waals surface area contributed by atoms with Crippen LogP contribution in [-0.2, 0) is 0 Å². The predicted octanol–water partition coefficient (Wildman–Crippen LogP) is 1.75. The zero-order valence-electron chi connectivity index (χ0n) is 9.90. The van der Waals surface area contributed by atoms with Crippen molar-refractivity contribution in [3.8, 4) is 0 Å². The van der Waals surface area contributed by atoms with Crippen LogP contribution in [0.1, 0.15) is 17.3 Å². The van der Waals surface area contributed by atoms with Crippen molar-refractivity contribution >= 4 is 11.7 Å². The Labute approximate surface area is 95.9 Å². The average Bonchev–Trinajstić information content (AvgIpc) is 2.16. The van der Waals surface area contributed by atoms with E-state index in [4.69, 9.17) is 5.11 Å². The Morgan fingerprint density at radius 1 is 1.44 bits per heavy atom. The number of hydrogen-bond donors (Lipinski definition) is 2. The molecular weight excluding hydrogens is 204 g/mol. The minimum absolute atomic E-state index is 0.204. The summed E-state index contributed by atoms with van der Waals surface area (Å²) in [7, 11) is 3.97. The lowest BCUT2D eigenvalue weighted by Gasteiger charge is -2.20. The molecule has 2 N–H and O–H groups in total. The molecule has 0 heterocycles. The van der Waals surface area contributed by atoms with Crippen molar-refractivity contribution in [1.29, 1.82) is 0 Å². The second-order valence-corrected chi connectivity index (χ2v) is 4.16. The van der Waals surface area contributed by atoms with E-state index in [0.717, 1.165) is 6.54 Å². The minimum Gasteiger partial charge on any atom is -0.478 e. The van der Waals surface area contributed by atoms with Crippen LogP contribution in [0.2, 0.25) is 0 Å². The summed E-state index contributed by atoms with van der Waals surface area (Å²) in [5.41, 5.74) is 0.984. The van der Waals surface area contributed by atoms with Gasteiger partial charge < -0.3 is 15.3 Å². The van der Waals surface area contributed by atoms with Crippen LogP contribution in [0.5, 0.6) is 0 Å². The summed E-state index contributed by atoms with van der Waals surface area (Å²) >= 11 is 0. The van der Waals surface area contributed by atoms with Gasteiger partial charge in [0.15, 0.2) is 0 Å². The minimum atomic E-state index is -0.903. The molecule has 1 atom stereocenters. The van der Waals surface area contributed by atoms with Gasteiger partial charge in [0.05, 0.1) is 5.56 Å². The van der Waals surface area contributed by atoms with Gasteiger partial charge in [-0.3, -0.25) is 0 Å². The van der Waals surface area contributed by atoms with Gasteiger partial charge in [-0.05, 0) is 33.2 Å². The lowest BCUT2D eigenvalue weighted by atomic mass is 10.1. The van der Waals surface area contributed by atoms with Gasteiger partial charge in [0.25, 0.3) is 0 Å². The van der Waals surface area contributed by atoms with Crippen LogP contribution in [0, 0.1) is 0 Å². The number of benzene rings is 1. The smallest absolute Gasteiger partial charge is 0.337 e. The number of carboxylic acid groups (broad SMARTS) is 1. The molecule has 1 unspecified atom stereocenters. The number of nitrogens with zero attached hydrogens (tertiary/aromatic N) is 1. The number of hydrogen-bond acceptors (Lipinski definition) is 3. The highest BCUT2D eigenvalue weighted by atomic mass is 16.4. The standard InChI is InChI=1S/C12H18N2O2/c1-9(8-14(2)3)13-11-7-5-4-6-10(11)12(15)16/h4-7,9,13H,8H2,1-3H3,(H,15,16). The van der Waals surface area contributed by atoms with Gasteiger partial charge in [0.1, 0.15) is 0 Å². The van der Waals surface area contributed by atoms with Crippen molar-refractivity contribution < 1.29 is 9.90 Å². The Morgan fingerprint density at radius 3 is 2.62 bits per heavy atom. The van der Waals surface area contributed by atoms with E-state index >= 15 is 0 Å². The van der Waals surface area contributed by atoms with E-state index in [-0.39, 0.29) is 6.04 Å². The fourth-order valence-corrected chi connectivity index (χ4v) is 1.65. The van der Waals surface area contributed by atoms with E-state index in [1.165, 1.54) is 0 Å². The Kier molecular flexibility index (Phi) is 4.31. The molecule has 0 aliphatic carbocycles. The number of likely N-dealkylation sites (N-methyl/N-ethyl adjacent to an activating group) is 1. The van der Waals surface area contributed by atoms with Crippen LogP contribution in [-0.4, -0.2) is 42.7 Å². The number of nitrogens with one attached hydrogen (secondary N) is 1. The Balaban J connectivity index is 2.76. The quantitative estimate of drug-likeness (QED) is 0.797. The van der Waals surface area contributed by atoms with E-state index < -0.39 is 5.97 Å². The molecule has 0 aromatic heterocycles. The normalized spacial score (nSPS) is 12.5. The molecule has 1 aromatic rings. The largest absolute Gasteiger partial charge is 0.478 e. The molecule has 0 spiro atoms. The fraction of sp³-hybridized carbons (Fsp3) is 0.417.